The number of nitrogens with one attached hydrogen (secondary N) is 1. The molecular formula is C20H20N2O3S3. The number of amides is 1. The maximum absolute atomic E-state index is 12.9. The van der Waals surface area contributed by atoms with Crippen molar-refractivity contribution >= 4 is 43.5 Å². The van der Waals surface area contributed by atoms with Crippen LogP contribution < -0.4 is 5.32 Å². The number of nitrogens with zero attached hydrogens (tertiary/aromatic N) is 1. The van der Waals surface area contributed by atoms with Gasteiger partial charge in [-0.1, -0.05) is 25.1 Å². The molecular weight excluding hydrogens is 412 g/mol. The lowest BCUT2D eigenvalue weighted by molar-refractivity contribution is 0.102. The number of sulfone groups is 1. The predicted octanol–water partition coefficient (Wildman–Crippen LogP) is 4.58. The first-order valence-electron chi connectivity index (χ1n) is 9.09. The second-order valence-electron chi connectivity index (χ2n) is 6.77. The summed E-state index contributed by atoms with van der Waals surface area (Å²) in [6.45, 7) is 1.99. The Morgan fingerprint density at radius 2 is 2.00 bits per heavy atom. The van der Waals surface area contributed by atoms with Crippen LogP contribution in [0.1, 0.15) is 39.2 Å². The Kier molecular flexibility index (Phi) is 5.11. The zero-order chi connectivity index (χ0) is 19.9. The van der Waals surface area contributed by atoms with Crippen LogP contribution in [0.15, 0.2) is 35.2 Å². The van der Waals surface area contributed by atoms with Crippen LogP contribution in [-0.2, 0) is 29.1 Å². The van der Waals surface area contributed by atoms with Gasteiger partial charge in [-0.05, 0) is 37.8 Å². The summed E-state index contributed by atoms with van der Waals surface area (Å²) in [7, 11) is -3.36. The standard InChI is InChI=1S/C20H20N2O3S3/c1-3-15-13(19(23)22-20-21-14-8-6-9-16(14)27-20)11-17(26-15)12-7-4-5-10-18(12)28(2,24)25/h4-5,7,10-11H,3,6,8-9H2,1-2H3,(H,21,22,23). The lowest BCUT2D eigenvalue weighted by Crippen LogP contribution is -2.12. The number of carbonyl (C=O) groups is 1. The van der Waals surface area contributed by atoms with E-state index in [2.05, 4.69) is 10.3 Å². The third kappa shape index (κ3) is 3.64. The molecule has 0 radical (unpaired) electrons. The molecule has 0 aliphatic heterocycles. The molecule has 8 heteroatoms. The summed E-state index contributed by atoms with van der Waals surface area (Å²) in [5.74, 6) is -0.191. The monoisotopic (exact) mass is 432 g/mol. The van der Waals surface area contributed by atoms with Gasteiger partial charge in [0.25, 0.3) is 5.91 Å². The molecule has 0 saturated heterocycles. The maximum Gasteiger partial charge on any atom is 0.258 e. The quantitative estimate of drug-likeness (QED) is 0.640. The highest BCUT2D eigenvalue weighted by molar-refractivity contribution is 7.90. The van der Waals surface area contributed by atoms with E-state index in [1.807, 2.05) is 13.0 Å². The maximum atomic E-state index is 12.9. The van der Waals surface area contributed by atoms with Crippen molar-refractivity contribution in [3.8, 4) is 10.4 Å². The Labute approximate surface area is 172 Å². The predicted molar refractivity (Wildman–Crippen MR) is 114 cm³/mol. The molecule has 28 heavy (non-hydrogen) atoms. The zero-order valence-corrected chi connectivity index (χ0v) is 18.1. The fourth-order valence-corrected chi connectivity index (χ4v) is 6.57. The van der Waals surface area contributed by atoms with Gasteiger partial charge < -0.3 is 0 Å². The number of rotatable bonds is 5. The number of anilines is 1. The fourth-order valence-electron chi connectivity index (χ4n) is 3.42. The second kappa shape index (κ2) is 7.42. The van der Waals surface area contributed by atoms with Gasteiger partial charge in [0, 0.05) is 26.5 Å². The minimum Gasteiger partial charge on any atom is -0.298 e. The summed E-state index contributed by atoms with van der Waals surface area (Å²) in [6, 6.07) is 8.71. The van der Waals surface area contributed by atoms with Crippen molar-refractivity contribution in [3.05, 3.63) is 51.3 Å². The molecule has 1 aliphatic rings. The molecule has 5 nitrogen and oxygen atoms in total. The highest BCUT2D eigenvalue weighted by Gasteiger charge is 2.22. The highest BCUT2D eigenvalue weighted by Crippen LogP contribution is 2.36. The molecule has 2 aromatic heterocycles. The minimum atomic E-state index is -3.36. The number of hydrogen-bond acceptors (Lipinski definition) is 6. The summed E-state index contributed by atoms with van der Waals surface area (Å²) >= 11 is 3.01. The molecule has 0 saturated carbocycles. The van der Waals surface area contributed by atoms with Gasteiger partial charge in [-0.3, -0.25) is 10.1 Å². The van der Waals surface area contributed by atoms with Gasteiger partial charge >= 0.3 is 0 Å². The number of aromatic nitrogens is 1. The Balaban J connectivity index is 1.68. The van der Waals surface area contributed by atoms with Crippen molar-refractivity contribution in [2.45, 2.75) is 37.5 Å². The van der Waals surface area contributed by atoms with Gasteiger partial charge in [0.05, 0.1) is 16.2 Å². The van der Waals surface area contributed by atoms with Gasteiger partial charge in [-0.15, -0.1) is 22.7 Å². The number of thiophene rings is 1. The summed E-state index contributed by atoms with van der Waals surface area (Å²) in [5.41, 5.74) is 2.32. The lowest BCUT2D eigenvalue weighted by atomic mass is 10.1. The number of fused-ring (bicyclic) bond motifs is 1. The van der Waals surface area contributed by atoms with Crippen LogP contribution in [0.25, 0.3) is 10.4 Å². The number of benzene rings is 1. The molecule has 1 amide bonds. The van der Waals surface area contributed by atoms with Crippen molar-refractivity contribution in [2.24, 2.45) is 0 Å². The average Bonchev–Trinajstić information content (AvgIpc) is 3.35. The van der Waals surface area contributed by atoms with Crippen LogP contribution in [-0.4, -0.2) is 25.6 Å². The number of hydrogen-bond donors (Lipinski definition) is 1. The first-order chi connectivity index (χ1) is 13.4. The first kappa shape index (κ1) is 19.3. The van der Waals surface area contributed by atoms with Crippen LogP contribution in [0, 0.1) is 0 Å². The SMILES string of the molecule is CCc1sc(-c2ccccc2S(C)(=O)=O)cc1C(=O)Nc1nc2c(s1)CCC2. The average molecular weight is 433 g/mol. The van der Waals surface area contributed by atoms with Crippen LogP contribution in [0.4, 0.5) is 5.13 Å². The second-order valence-corrected chi connectivity index (χ2v) is 11.0. The van der Waals surface area contributed by atoms with Gasteiger partial charge in [0.2, 0.25) is 0 Å². The Morgan fingerprint density at radius 3 is 2.71 bits per heavy atom. The molecule has 0 spiro atoms. The Bertz CT molecular complexity index is 1140. The van der Waals surface area contributed by atoms with Gasteiger partial charge in [-0.2, -0.15) is 0 Å². The molecule has 2 heterocycles. The van der Waals surface area contributed by atoms with E-state index in [0.29, 0.717) is 22.7 Å². The number of aryl methyl sites for hydroxylation is 3. The summed E-state index contributed by atoms with van der Waals surface area (Å²) < 4.78 is 24.3. The van der Waals surface area contributed by atoms with E-state index in [9.17, 15) is 13.2 Å². The molecule has 146 valence electrons. The summed E-state index contributed by atoms with van der Waals surface area (Å²) in [4.78, 5) is 20.7. The van der Waals surface area contributed by atoms with Crippen LogP contribution in [0.3, 0.4) is 0 Å². The van der Waals surface area contributed by atoms with Gasteiger partial charge in [0.15, 0.2) is 15.0 Å². The molecule has 0 unspecified atom stereocenters. The Morgan fingerprint density at radius 1 is 1.21 bits per heavy atom. The normalized spacial score (nSPS) is 13.5. The van der Waals surface area contributed by atoms with Gasteiger partial charge in [-0.25, -0.2) is 13.4 Å². The molecule has 1 N–H and O–H groups in total. The van der Waals surface area contributed by atoms with Crippen LogP contribution in [0.2, 0.25) is 0 Å². The smallest absolute Gasteiger partial charge is 0.258 e. The lowest BCUT2D eigenvalue weighted by Gasteiger charge is -2.05. The van der Waals surface area contributed by atoms with E-state index in [1.165, 1.54) is 22.5 Å². The molecule has 0 fully saturated rings. The summed E-state index contributed by atoms with van der Waals surface area (Å²) in [6.07, 6.45) is 5.05. The van der Waals surface area contributed by atoms with Crippen molar-refractivity contribution < 1.29 is 13.2 Å². The summed E-state index contributed by atoms with van der Waals surface area (Å²) in [5, 5.41) is 3.57. The van der Waals surface area contributed by atoms with E-state index < -0.39 is 9.84 Å². The highest BCUT2D eigenvalue weighted by atomic mass is 32.2. The third-order valence-electron chi connectivity index (χ3n) is 4.74. The molecule has 4 rings (SSSR count). The molecule has 3 aromatic rings. The van der Waals surface area contributed by atoms with Crippen molar-refractivity contribution in [1.82, 2.24) is 4.98 Å². The Hall–Kier alpha value is -2.03. The van der Waals surface area contributed by atoms with Crippen LogP contribution >= 0.6 is 22.7 Å². The topological polar surface area (TPSA) is 76.1 Å². The van der Waals surface area contributed by atoms with Crippen LogP contribution in [0.5, 0.6) is 0 Å². The van der Waals surface area contributed by atoms with E-state index in [0.717, 1.165) is 34.7 Å². The fraction of sp³-hybridized carbons (Fsp3) is 0.300. The zero-order valence-electron chi connectivity index (χ0n) is 15.6. The molecule has 1 aromatic carbocycles. The molecule has 0 atom stereocenters. The third-order valence-corrected chi connectivity index (χ3v) is 8.28. The van der Waals surface area contributed by atoms with Gasteiger partial charge in [0.1, 0.15) is 0 Å². The largest absolute Gasteiger partial charge is 0.298 e. The van der Waals surface area contributed by atoms with E-state index in [-0.39, 0.29) is 10.8 Å². The van der Waals surface area contributed by atoms with E-state index in [4.69, 9.17) is 0 Å². The minimum absolute atomic E-state index is 0.191. The molecule has 1 aliphatic carbocycles. The van der Waals surface area contributed by atoms with Crippen molar-refractivity contribution in [3.63, 3.8) is 0 Å². The van der Waals surface area contributed by atoms with Crippen molar-refractivity contribution in [1.29, 1.82) is 0 Å². The first-order valence-corrected chi connectivity index (χ1v) is 12.6. The van der Waals surface area contributed by atoms with E-state index >= 15 is 0 Å². The van der Waals surface area contributed by atoms with E-state index in [1.54, 1.807) is 35.6 Å². The number of thiazole rings is 1. The number of carbonyl (C=O) groups excluding carboxylic acids is 1. The molecule has 0 bridgehead atoms. The van der Waals surface area contributed by atoms with Crippen molar-refractivity contribution in [2.75, 3.05) is 11.6 Å².